The average molecular weight is 451 g/mol. The molecule has 172 valence electrons. The third-order valence-corrected chi connectivity index (χ3v) is 6.62. The van der Waals surface area contributed by atoms with Gasteiger partial charge in [0, 0.05) is 31.6 Å². The Bertz CT molecular complexity index is 1190. The SMILES string of the molecule is C[C@H](Oc1cccc2ccccc12)C(=O)N1CCN(C(c2ccccc2)c2ccccc2)CC1. The van der Waals surface area contributed by atoms with E-state index in [9.17, 15) is 4.79 Å². The van der Waals surface area contributed by atoms with E-state index in [-0.39, 0.29) is 11.9 Å². The summed E-state index contributed by atoms with van der Waals surface area (Å²) in [5, 5.41) is 2.14. The molecule has 4 nitrogen and oxygen atoms in total. The highest BCUT2D eigenvalue weighted by atomic mass is 16.5. The first kappa shape index (κ1) is 22.2. The second-order valence-corrected chi connectivity index (χ2v) is 8.82. The van der Waals surface area contributed by atoms with Crippen molar-refractivity contribution < 1.29 is 9.53 Å². The minimum Gasteiger partial charge on any atom is -0.480 e. The van der Waals surface area contributed by atoms with E-state index < -0.39 is 6.10 Å². The van der Waals surface area contributed by atoms with E-state index in [1.807, 2.05) is 42.2 Å². The molecule has 4 aromatic rings. The Morgan fingerprint density at radius 3 is 1.91 bits per heavy atom. The van der Waals surface area contributed by atoms with E-state index in [4.69, 9.17) is 4.74 Å². The van der Waals surface area contributed by atoms with E-state index in [1.165, 1.54) is 11.1 Å². The van der Waals surface area contributed by atoms with Gasteiger partial charge < -0.3 is 9.64 Å². The fourth-order valence-electron chi connectivity index (χ4n) is 4.88. The highest BCUT2D eigenvalue weighted by molar-refractivity contribution is 5.89. The summed E-state index contributed by atoms with van der Waals surface area (Å²) in [6.45, 7) is 4.88. The van der Waals surface area contributed by atoms with Crippen LogP contribution in [0.25, 0.3) is 10.8 Å². The molecule has 1 aliphatic heterocycles. The highest BCUT2D eigenvalue weighted by Crippen LogP contribution is 2.30. The first-order valence-electron chi connectivity index (χ1n) is 12.0. The maximum Gasteiger partial charge on any atom is 0.263 e. The van der Waals surface area contributed by atoms with Gasteiger partial charge in [-0.05, 0) is 29.5 Å². The second kappa shape index (κ2) is 10.1. The smallest absolute Gasteiger partial charge is 0.263 e. The zero-order valence-electron chi connectivity index (χ0n) is 19.5. The molecule has 4 heteroatoms. The van der Waals surface area contributed by atoms with Crippen molar-refractivity contribution in [2.45, 2.75) is 19.1 Å². The Hall–Kier alpha value is -3.63. The molecular weight excluding hydrogens is 420 g/mol. The van der Waals surface area contributed by atoms with Crippen molar-refractivity contribution >= 4 is 16.7 Å². The Kier molecular flexibility index (Phi) is 6.59. The lowest BCUT2D eigenvalue weighted by Gasteiger charge is -2.40. The molecular formula is C30H30N2O2. The number of hydrogen-bond acceptors (Lipinski definition) is 3. The Morgan fingerprint density at radius 1 is 0.706 bits per heavy atom. The van der Waals surface area contributed by atoms with Crippen molar-refractivity contribution in [3.05, 3.63) is 114 Å². The molecule has 5 rings (SSSR count). The van der Waals surface area contributed by atoms with E-state index in [0.29, 0.717) is 13.1 Å². The number of carbonyl (C=O) groups is 1. The number of hydrogen-bond donors (Lipinski definition) is 0. The molecule has 1 amide bonds. The molecule has 1 fully saturated rings. The van der Waals surface area contributed by atoms with Gasteiger partial charge in [-0.25, -0.2) is 0 Å². The van der Waals surface area contributed by atoms with Crippen molar-refractivity contribution in [2.75, 3.05) is 26.2 Å². The summed E-state index contributed by atoms with van der Waals surface area (Å²) in [7, 11) is 0. The molecule has 0 radical (unpaired) electrons. The fraction of sp³-hybridized carbons (Fsp3) is 0.233. The summed E-state index contributed by atoms with van der Waals surface area (Å²) in [4.78, 5) is 17.7. The van der Waals surface area contributed by atoms with Gasteiger partial charge in [-0.3, -0.25) is 9.69 Å². The Labute approximate surface area is 201 Å². The number of benzene rings is 4. The third kappa shape index (κ3) is 4.68. The highest BCUT2D eigenvalue weighted by Gasteiger charge is 2.30. The molecule has 0 unspecified atom stereocenters. The van der Waals surface area contributed by atoms with Crippen LogP contribution in [0.15, 0.2) is 103 Å². The summed E-state index contributed by atoms with van der Waals surface area (Å²) >= 11 is 0. The Balaban J connectivity index is 1.27. The number of piperazine rings is 1. The number of amides is 1. The molecule has 1 aliphatic rings. The van der Waals surface area contributed by atoms with Gasteiger partial charge in [0.2, 0.25) is 0 Å². The largest absolute Gasteiger partial charge is 0.480 e. The standard InChI is InChI=1S/C30H30N2O2/c1-23(34-28-18-10-16-24-11-8-9-17-27(24)28)30(33)32-21-19-31(20-22-32)29(25-12-4-2-5-13-25)26-14-6-3-7-15-26/h2-18,23,29H,19-22H2,1H3/t23-/m0/s1. The first-order chi connectivity index (χ1) is 16.7. The molecule has 0 bridgehead atoms. The predicted octanol–water partition coefficient (Wildman–Crippen LogP) is 5.54. The number of carbonyl (C=O) groups excluding carboxylic acids is 1. The zero-order chi connectivity index (χ0) is 23.3. The average Bonchev–Trinajstić information content (AvgIpc) is 2.90. The lowest BCUT2D eigenvalue weighted by atomic mass is 9.96. The van der Waals surface area contributed by atoms with Crippen LogP contribution in [0, 0.1) is 0 Å². The number of rotatable bonds is 6. The van der Waals surface area contributed by atoms with Gasteiger partial charge in [0.05, 0.1) is 6.04 Å². The lowest BCUT2D eigenvalue weighted by molar-refractivity contribution is -0.139. The molecule has 1 heterocycles. The minimum absolute atomic E-state index is 0.0450. The second-order valence-electron chi connectivity index (χ2n) is 8.82. The topological polar surface area (TPSA) is 32.8 Å². The maximum absolute atomic E-state index is 13.2. The van der Waals surface area contributed by atoms with Gasteiger partial charge in [0.15, 0.2) is 6.10 Å². The van der Waals surface area contributed by atoms with Crippen molar-refractivity contribution in [2.24, 2.45) is 0 Å². The van der Waals surface area contributed by atoms with Crippen molar-refractivity contribution in [3.63, 3.8) is 0 Å². The maximum atomic E-state index is 13.2. The molecule has 0 spiro atoms. The summed E-state index contributed by atoms with van der Waals surface area (Å²) in [5.74, 6) is 0.800. The molecule has 1 atom stereocenters. The quantitative estimate of drug-likeness (QED) is 0.387. The molecule has 0 aromatic heterocycles. The molecule has 0 N–H and O–H groups in total. The van der Waals surface area contributed by atoms with Crippen LogP contribution in [0.2, 0.25) is 0 Å². The molecule has 34 heavy (non-hydrogen) atoms. The fourth-order valence-corrected chi connectivity index (χ4v) is 4.88. The van der Waals surface area contributed by atoms with E-state index >= 15 is 0 Å². The monoisotopic (exact) mass is 450 g/mol. The van der Waals surface area contributed by atoms with E-state index in [2.05, 4.69) is 77.7 Å². The van der Waals surface area contributed by atoms with Crippen LogP contribution in [0.4, 0.5) is 0 Å². The van der Waals surface area contributed by atoms with Gasteiger partial charge in [-0.2, -0.15) is 0 Å². The summed E-state index contributed by atoms with van der Waals surface area (Å²) in [5.41, 5.74) is 2.56. The minimum atomic E-state index is -0.531. The number of ether oxygens (including phenoxy) is 1. The third-order valence-electron chi connectivity index (χ3n) is 6.62. The lowest BCUT2D eigenvalue weighted by Crippen LogP contribution is -2.52. The molecule has 0 aliphatic carbocycles. The molecule has 1 saturated heterocycles. The molecule has 4 aromatic carbocycles. The zero-order valence-corrected chi connectivity index (χ0v) is 19.5. The summed E-state index contributed by atoms with van der Waals surface area (Å²) < 4.78 is 6.15. The van der Waals surface area contributed by atoms with Gasteiger partial charge in [0.1, 0.15) is 5.75 Å². The van der Waals surface area contributed by atoms with E-state index in [0.717, 1.165) is 29.6 Å². The summed E-state index contributed by atoms with van der Waals surface area (Å²) in [6.07, 6.45) is -0.531. The van der Waals surface area contributed by atoms with Crippen LogP contribution < -0.4 is 4.74 Å². The van der Waals surface area contributed by atoms with Crippen molar-refractivity contribution in [1.82, 2.24) is 9.80 Å². The van der Waals surface area contributed by atoms with E-state index in [1.54, 1.807) is 0 Å². The Morgan fingerprint density at radius 2 is 1.26 bits per heavy atom. The van der Waals surface area contributed by atoms with Crippen LogP contribution in [0.1, 0.15) is 24.1 Å². The van der Waals surface area contributed by atoms with Crippen LogP contribution in [0.3, 0.4) is 0 Å². The number of fused-ring (bicyclic) bond motifs is 1. The van der Waals surface area contributed by atoms with Gasteiger partial charge >= 0.3 is 0 Å². The van der Waals surface area contributed by atoms with Gasteiger partial charge in [-0.1, -0.05) is 97.1 Å². The van der Waals surface area contributed by atoms with Crippen molar-refractivity contribution in [3.8, 4) is 5.75 Å². The van der Waals surface area contributed by atoms with Crippen LogP contribution in [0.5, 0.6) is 5.75 Å². The summed E-state index contributed by atoms with van der Waals surface area (Å²) in [6, 6.07) is 35.5. The normalized spacial score (nSPS) is 15.4. The van der Waals surface area contributed by atoms with Gasteiger partial charge in [0.25, 0.3) is 5.91 Å². The molecule has 0 saturated carbocycles. The van der Waals surface area contributed by atoms with Crippen LogP contribution in [-0.2, 0) is 4.79 Å². The van der Waals surface area contributed by atoms with Crippen LogP contribution in [-0.4, -0.2) is 48.0 Å². The predicted molar refractivity (Wildman–Crippen MR) is 137 cm³/mol. The number of nitrogens with zero attached hydrogens (tertiary/aromatic N) is 2. The van der Waals surface area contributed by atoms with Crippen LogP contribution >= 0.6 is 0 Å². The first-order valence-corrected chi connectivity index (χ1v) is 12.0. The van der Waals surface area contributed by atoms with Gasteiger partial charge in [-0.15, -0.1) is 0 Å². The van der Waals surface area contributed by atoms with Crippen molar-refractivity contribution in [1.29, 1.82) is 0 Å².